The van der Waals surface area contributed by atoms with E-state index in [0.29, 0.717) is 30.7 Å². The smallest absolute Gasteiger partial charge is 0.228 e. The Kier molecular flexibility index (Phi) is 3.56. The third kappa shape index (κ3) is 2.80. The van der Waals surface area contributed by atoms with Gasteiger partial charge in [-0.1, -0.05) is 5.16 Å². The van der Waals surface area contributed by atoms with Crippen LogP contribution in [0.1, 0.15) is 44.5 Å². The Morgan fingerprint density at radius 3 is 2.88 bits per heavy atom. The molecule has 1 aliphatic carbocycles. The first kappa shape index (κ1) is 11.5. The van der Waals surface area contributed by atoms with Gasteiger partial charge in [-0.05, 0) is 32.6 Å². The highest BCUT2D eigenvalue weighted by molar-refractivity contribution is 4.98. The highest BCUT2D eigenvalue weighted by Gasteiger charge is 2.36. The van der Waals surface area contributed by atoms with Crippen LogP contribution in [0.4, 0.5) is 0 Å². The number of ether oxygens (including phenoxy) is 1. The molecule has 0 aromatic carbocycles. The van der Waals surface area contributed by atoms with Crippen LogP contribution in [0.25, 0.3) is 0 Å². The van der Waals surface area contributed by atoms with Crippen molar-refractivity contribution < 1.29 is 9.26 Å². The summed E-state index contributed by atoms with van der Waals surface area (Å²) in [5.41, 5.74) is 5.68. The van der Waals surface area contributed by atoms with Crippen molar-refractivity contribution in [1.29, 1.82) is 0 Å². The molecule has 5 heteroatoms. The van der Waals surface area contributed by atoms with Crippen LogP contribution >= 0.6 is 0 Å². The summed E-state index contributed by atoms with van der Waals surface area (Å²) in [5.74, 6) is 1.86. The molecule has 0 amide bonds. The second-order valence-corrected chi connectivity index (χ2v) is 4.44. The van der Waals surface area contributed by atoms with Crippen molar-refractivity contribution in [3.8, 4) is 0 Å². The van der Waals surface area contributed by atoms with Crippen molar-refractivity contribution in [1.82, 2.24) is 10.1 Å². The van der Waals surface area contributed by atoms with Crippen molar-refractivity contribution in [3.05, 3.63) is 11.7 Å². The Morgan fingerprint density at radius 1 is 1.56 bits per heavy atom. The zero-order chi connectivity index (χ0) is 11.5. The molecule has 2 rings (SSSR count). The Balaban J connectivity index is 2.03. The molecular formula is C11H19N3O2. The summed E-state index contributed by atoms with van der Waals surface area (Å²) in [6.45, 7) is 4.58. The molecule has 90 valence electrons. The minimum Gasteiger partial charge on any atom is -0.370 e. The zero-order valence-corrected chi connectivity index (χ0v) is 9.85. The van der Waals surface area contributed by atoms with Gasteiger partial charge in [0.15, 0.2) is 0 Å². The average molecular weight is 225 g/mol. The first-order valence-electron chi connectivity index (χ1n) is 5.90. The minimum atomic E-state index is 0.00980. The maximum Gasteiger partial charge on any atom is 0.228 e. The van der Waals surface area contributed by atoms with Crippen LogP contribution in [0.5, 0.6) is 0 Å². The summed E-state index contributed by atoms with van der Waals surface area (Å²) in [5, 5.41) is 3.98. The molecule has 0 aliphatic heterocycles. The van der Waals surface area contributed by atoms with E-state index in [1.165, 1.54) is 12.8 Å². The molecule has 1 aromatic rings. The fourth-order valence-electron chi connectivity index (χ4n) is 1.74. The average Bonchev–Trinajstić information content (AvgIpc) is 2.96. The number of hydrogen-bond acceptors (Lipinski definition) is 5. The van der Waals surface area contributed by atoms with Crippen molar-refractivity contribution in [3.63, 3.8) is 0 Å². The molecule has 2 atom stereocenters. The standard InChI is InChI=1S/C11H19N3O2/c1-3-15-10(8-4-5-8)11-13-9(16-14-11)6-7(2)12/h7-8,10H,3-6,12H2,1-2H3. The molecule has 1 aromatic heterocycles. The maximum atomic E-state index is 5.68. The molecule has 0 bridgehead atoms. The van der Waals surface area contributed by atoms with Gasteiger partial charge in [0, 0.05) is 19.1 Å². The van der Waals surface area contributed by atoms with Crippen LogP contribution < -0.4 is 5.73 Å². The van der Waals surface area contributed by atoms with Crippen LogP contribution in [0.3, 0.4) is 0 Å². The molecule has 16 heavy (non-hydrogen) atoms. The van der Waals surface area contributed by atoms with Gasteiger partial charge >= 0.3 is 0 Å². The predicted octanol–water partition coefficient (Wildman–Crippen LogP) is 1.45. The minimum absolute atomic E-state index is 0.00980. The van der Waals surface area contributed by atoms with E-state index in [9.17, 15) is 0 Å². The van der Waals surface area contributed by atoms with Gasteiger partial charge in [-0.2, -0.15) is 4.98 Å². The fraction of sp³-hybridized carbons (Fsp3) is 0.818. The molecule has 1 heterocycles. The summed E-state index contributed by atoms with van der Waals surface area (Å²) in [4.78, 5) is 4.35. The van der Waals surface area contributed by atoms with Crippen LogP contribution in [0, 0.1) is 5.92 Å². The van der Waals surface area contributed by atoms with E-state index >= 15 is 0 Å². The first-order valence-corrected chi connectivity index (χ1v) is 5.90. The number of aromatic nitrogens is 2. The van der Waals surface area contributed by atoms with Gasteiger partial charge in [-0.25, -0.2) is 0 Å². The lowest BCUT2D eigenvalue weighted by atomic mass is 10.2. The van der Waals surface area contributed by atoms with E-state index in [1.807, 2.05) is 13.8 Å². The van der Waals surface area contributed by atoms with Gasteiger partial charge in [0.05, 0.1) is 0 Å². The van der Waals surface area contributed by atoms with Gasteiger partial charge in [-0.3, -0.25) is 0 Å². The lowest BCUT2D eigenvalue weighted by Gasteiger charge is -2.11. The molecule has 2 unspecified atom stereocenters. The number of rotatable bonds is 6. The van der Waals surface area contributed by atoms with Gasteiger partial charge in [0.2, 0.25) is 11.7 Å². The van der Waals surface area contributed by atoms with Gasteiger partial charge in [0.25, 0.3) is 0 Å². The normalized spacial score (nSPS) is 19.7. The highest BCUT2D eigenvalue weighted by atomic mass is 16.5. The molecule has 0 saturated heterocycles. The van der Waals surface area contributed by atoms with E-state index in [0.717, 1.165) is 0 Å². The zero-order valence-electron chi connectivity index (χ0n) is 9.85. The van der Waals surface area contributed by atoms with Crippen LogP contribution in [-0.2, 0) is 11.2 Å². The summed E-state index contributed by atoms with van der Waals surface area (Å²) in [6.07, 6.45) is 3.02. The van der Waals surface area contributed by atoms with Gasteiger partial charge in [0.1, 0.15) is 6.10 Å². The van der Waals surface area contributed by atoms with Crippen molar-refractivity contribution in [2.24, 2.45) is 11.7 Å². The highest BCUT2D eigenvalue weighted by Crippen LogP contribution is 2.42. The molecule has 1 aliphatic rings. The molecule has 1 fully saturated rings. The molecule has 5 nitrogen and oxygen atoms in total. The van der Waals surface area contributed by atoms with Gasteiger partial charge in [-0.15, -0.1) is 0 Å². The largest absolute Gasteiger partial charge is 0.370 e. The van der Waals surface area contributed by atoms with Gasteiger partial charge < -0.3 is 15.0 Å². The summed E-state index contributed by atoms with van der Waals surface area (Å²) < 4.78 is 10.8. The molecule has 0 radical (unpaired) electrons. The third-order valence-electron chi connectivity index (χ3n) is 2.63. The Hall–Kier alpha value is -0.940. The van der Waals surface area contributed by atoms with E-state index in [2.05, 4.69) is 10.1 Å². The van der Waals surface area contributed by atoms with Crippen molar-refractivity contribution >= 4 is 0 Å². The van der Waals surface area contributed by atoms with Crippen molar-refractivity contribution in [2.75, 3.05) is 6.61 Å². The van der Waals surface area contributed by atoms with E-state index in [-0.39, 0.29) is 12.1 Å². The van der Waals surface area contributed by atoms with E-state index < -0.39 is 0 Å². The predicted molar refractivity (Wildman–Crippen MR) is 58.7 cm³/mol. The Labute approximate surface area is 95.3 Å². The topological polar surface area (TPSA) is 74.2 Å². The molecule has 0 spiro atoms. The fourth-order valence-corrected chi connectivity index (χ4v) is 1.74. The summed E-state index contributed by atoms with van der Waals surface area (Å²) >= 11 is 0. The Bertz CT molecular complexity index is 334. The number of nitrogens with two attached hydrogens (primary N) is 1. The monoisotopic (exact) mass is 225 g/mol. The van der Waals surface area contributed by atoms with Crippen LogP contribution in [0.2, 0.25) is 0 Å². The summed E-state index contributed by atoms with van der Waals surface area (Å²) in [7, 11) is 0. The second-order valence-electron chi connectivity index (χ2n) is 4.44. The van der Waals surface area contributed by atoms with E-state index in [1.54, 1.807) is 0 Å². The van der Waals surface area contributed by atoms with Crippen LogP contribution in [-0.4, -0.2) is 22.8 Å². The number of nitrogens with zero attached hydrogens (tertiary/aromatic N) is 2. The third-order valence-corrected chi connectivity index (χ3v) is 2.63. The Morgan fingerprint density at radius 2 is 2.31 bits per heavy atom. The second kappa shape index (κ2) is 4.93. The molecule has 1 saturated carbocycles. The number of hydrogen-bond donors (Lipinski definition) is 1. The maximum absolute atomic E-state index is 5.68. The quantitative estimate of drug-likeness (QED) is 0.793. The SMILES string of the molecule is CCOC(c1noc(CC(C)N)n1)C1CC1. The first-order chi connectivity index (χ1) is 7.70. The molecule has 2 N–H and O–H groups in total. The summed E-state index contributed by atoms with van der Waals surface area (Å²) in [6, 6.07) is 0.0415. The molecular weight excluding hydrogens is 206 g/mol. The lowest BCUT2D eigenvalue weighted by molar-refractivity contribution is 0.0384. The lowest BCUT2D eigenvalue weighted by Crippen LogP contribution is -2.18. The van der Waals surface area contributed by atoms with Crippen LogP contribution in [0.15, 0.2) is 4.52 Å². The van der Waals surface area contributed by atoms with Crippen molar-refractivity contribution in [2.45, 2.75) is 45.3 Å². The van der Waals surface area contributed by atoms with E-state index in [4.69, 9.17) is 15.0 Å².